The molecule has 0 saturated heterocycles. The molecule has 0 aliphatic carbocycles. The van der Waals surface area contributed by atoms with Crippen molar-refractivity contribution in [1.29, 1.82) is 0 Å². The van der Waals surface area contributed by atoms with Crippen molar-refractivity contribution in [3.8, 4) is 0 Å². The van der Waals surface area contributed by atoms with Crippen LogP contribution in [0, 0.1) is 11.8 Å². The topological polar surface area (TPSA) is 105 Å². The molecule has 0 aliphatic heterocycles. The van der Waals surface area contributed by atoms with Gasteiger partial charge in [-0.1, -0.05) is 66.2 Å². The maximum absolute atomic E-state index is 10.1. The smallest absolute Gasteiger partial charge is 0.550 e. The number of hydrogen-bond donors (Lipinski definition) is 0. The molecule has 0 fully saturated rings. The van der Waals surface area contributed by atoms with Gasteiger partial charge in [0.15, 0.2) is 0 Å². The number of unbranched alkanes of at least 4 members (excludes halogenated alkanes) is 2. The molecule has 6 nitrogen and oxygen atoms in total. The Kier molecular flexibility index (Phi) is 36.7. The van der Waals surface area contributed by atoms with E-state index >= 15 is 0 Å². The van der Waals surface area contributed by atoms with Gasteiger partial charge in [-0.15, -0.1) is 0 Å². The van der Waals surface area contributed by atoms with E-state index < -0.39 is 11.9 Å². The first kappa shape index (κ1) is 37.6. The minimum atomic E-state index is -1.06. The van der Waals surface area contributed by atoms with Gasteiger partial charge in [0.2, 0.25) is 0 Å². The van der Waals surface area contributed by atoms with Crippen molar-refractivity contribution < 1.29 is 78.9 Å². The number of carbonyl (C=O) groups excluding carboxylic acids is 2. The van der Waals surface area contributed by atoms with Crippen LogP contribution >= 0.6 is 0 Å². The second-order valence-corrected chi connectivity index (χ2v) is 7.08. The summed E-state index contributed by atoms with van der Waals surface area (Å²) in [6, 6.07) is 0. The Labute approximate surface area is 228 Å². The molecule has 0 aromatic heterocycles. The third-order valence-electron chi connectivity index (χ3n) is 4.59. The average molecular weight is 443 g/mol. The molecule has 2 atom stereocenters. The Bertz CT molecular complexity index is 407. The van der Waals surface area contributed by atoms with Gasteiger partial charge in [-0.3, -0.25) is 9.98 Å². The van der Waals surface area contributed by atoms with Crippen molar-refractivity contribution in [2.45, 2.75) is 91.9 Å². The van der Waals surface area contributed by atoms with Gasteiger partial charge in [0.05, 0.1) is 0 Å². The van der Waals surface area contributed by atoms with Crippen LogP contribution in [0.25, 0.3) is 0 Å². The molecule has 164 valence electrons. The van der Waals surface area contributed by atoms with E-state index in [9.17, 15) is 19.8 Å². The molecular weight excluding hydrogens is 402 g/mol. The van der Waals surface area contributed by atoms with E-state index in [2.05, 4.69) is 37.7 Å². The van der Waals surface area contributed by atoms with E-state index in [1.54, 1.807) is 0 Å². The Morgan fingerprint density at radius 3 is 1.30 bits per heavy atom. The van der Waals surface area contributed by atoms with E-state index in [4.69, 9.17) is 0 Å². The van der Waals surface area contributed by atoms with Gasteiger partial charge in [-0.25, -0.2) is 0 Å². The number of aliphatic imine (C=N–C) groups is 2. The molecule has 8 heteroatoms. The van der Waals surface area contributed by atoms with Crippen LogP contribution in [0.2, 0.25) is 0 Å². The van der Waals surface area contributed by atoms with Gasteiger partial charge in [0, 0.05) is 50.3 Å². The molecule has 0 N–H and O–H groups in total. The second kappa shape index (κ2) is 29.3. The monoisotopic (exact) mass is 442 g/mol. The molecule has 0 bridgehead atoms. The Morgan fingerprint density at radius 2 is 1.07 bits per heavy atom. The van der Waals surface area contributed by atoms with Crippen molar-refractivity contribution in [2.75, 3.05) is 13.1 Å². The summed E-state index contributed by atoms with van der Waals surface area (Å²) in [5.41, 5.74) is 0. The van der Waals surface area contributed by atoms with Crippen molar-refractivity contribution in [2.24, 2.45) is 21.8 Å². The number of rotatable bonds is 16. The van der Waals surface area contributed by atoms with Gasteiger partial charge in [0.25, 0.3) is 0 Å². The van der Waals surface area contributed by atoms with Crippen LogP contribution < -0.4 is 69.3 Å². The number of nitrogens with zero attached hydrogens (tertiary/aromatic N) is 2. The fraction of sp³-hybridized carbons (Fsp3) is 0.818. The van der Waals surface area contributed by atoms with Crippen LogP contribution in [0.5, 0.6) is 0 Å². The Morgan fingerprint density at radius 1 is 0.733 bits per heavy atom. The molecule has 30 heavy (non-hydrogen) atoms. The second-order valence-electron chi connectivity index (χ2n) is 7.08. The summed E-state index contributed by atoms with van der Waals surface area (Å²) >= 11 is 0. The Balaban J connectivity index is -0.000000211. The zero-order chi connectivity index (χ0) is 21.6. The first-order valence-corrected chi connectivity index (χ1v) is 10.8. The van der Waals surface area contributed by atoms with Crippen molar-refractivity contribution >= 4 is 24.4 Å². The number of aliphatic carboxylic acids is 2. The number of carboxylic acid groups (broad SMARTS) is 2. The van der Waals surface area contributed by atoms with Gasteiger partial charge < -0.3 is 19.8 Å². The summed E-state index contributed by atoms with van der Waals surface area (Å²) in [4.78, 5) is 28.3. The minimum Gasteiger partial charge on any atom is -0.550 e. The molecule has 2 unspecified atom stereocenters. The van der Waals surface area contributed by atoms with E-state index in [1.807, 2.05) is 0 Å². The van der Waals surface area contributed by atoms with Crippen LogP contribution in [-0.4, -0.2) is 37.5 Å². The molecule has 0 rings (SSSR count). The first-order chi connectivity index (χ1) is 13.4. The molecule has 0 aliphatic rings. The van der Waals surface area contributed by atoms with Gasteiger partial charge in [-0.05, 0) is 24.7 Å². The standard InChI is InChI=1S/2C11H21NO2.2Na/c2*1-3-5-6-10(4-2)9-12-8-7-11(13)14;;/h2*8,10H,3-7,9H2,1-2H3,(H,13,14);;/q;;2*+1/p-2. The summed E-state index contributed by atoms with van der Waals surface area (Å²) in [7, 11) is 0. The molecule has 0 heterocycles. The molecule has 0 radical (unpaired) electrons. The normalized spacial score (nSPS) is 12.4. The molecule has 0 aromatic carbocycles. The van der Waals surface area contributed by atoms with E-state index in [-0.39, 0.29) is 72.0 Å². The van der Waals surface area contributed by atoms with Crippen LogP contribution in [0.4, 0.5) is 0 Å². The summed E-state index contributed by atoms with van der Waals surface area (Å²) in [6.07, 6.45) is 12.3. The van der Waals surface area contributed by atoms with Gasteiger partial charge >= 0.3 is 59.1 Å². The number of carboxylic acids is 2. The summed E-state index contributed by atoms with van der Waals surface area (Å²) in [5.74, 6) is -0.911. The number of carbonyl (C=O) groups is 2. The third-order valence-corrected chi connectivity index (χ3v) is 4.59. The quantitative estimate of drug-likeness (QED) is 0.186. The van der Waals surface area contributed by atoms with Crippen LogP contribution in [0.1, 0.15) is 91.9 Å². The number of hydrogen-bond acceptors (Lipinski definition) is 6. The molecule has 0 spiro atoms. The predicted octanol–water partition coefficient (Wildman–Crippen LogP) is -3.16. The van der Waals surface area contributed by atoms with Crippen molar-refractivity contribution in [3.05, 3.63) is 0 Å². The largest absolute Gasteiger partial charge is 1.00 e. The Hall–Kier alpha value is 0.280. The summed E-state index contributed by atoms with van der Waals surface area (Å²) < 4.78 is 0. The fourth-order valence-electron chi connectivity index (χ4n) is 2.56. The first-order valence-electron chi connectivity index (χ1n) is 10.8. The van der Waals surface area contributed by atoms with Crippen LogP contribution in [0.3, 0.4) is 0 Å². The maximum Gasteiger partial charge on any atom is 1.00 e. The van der Waals surface area contributed by atoms with Crippen molar-refractivity contribution in [3.63, 3.8) is 0 Å². The van der Waals surface area contributed by atoms with Gasteiger partial charge in [0.1, 0.15) is 0 Å². The van der Waals surface area contributed by atoms with E-state index in [0.29, 0.717) is 11.8 Å². The maximum atomic E-state index is 10.1. The van der Waals surface area contributed by atoms with Crippen LogP contribution in [-0.2, 0) is 9.59 Å². The zero-order valence-electron chi connectivity index (χ0n) is 20.3. The predicted molar refractivity (Wildman–Crippen MR) is 113 cm³/mol. The zero-order valence-corrected chi connectivity index (χ0v) is 24.3. The summed E-state index contributed by atoms with van der Waals surface area (Å²) in [6.45, 7) is 10.1. The molecular formula is C22H40N2Na2O4. The van der Waals surface area contributed by atoms with Crippen molar-refractivity contribution in [1.82, 2.24) is 0 Å². The van der Waals surface area contributed by atoms with Gasteiger partial charge in [-0.2, -0.15) is 0 Å². The molecule has 0 amide bonds. The third kappa shape index (κ3) is 30.5. The molecule has 0 saturated carbocycles. The van der Waals surface area contributed by atoms with Crippen LogP contribution in [0.15, 0.2) is 9.98 Å². The van der Waals surface area contributed by atoms with E-state index in [0.717, 1.165) is 25.9 Å². The molecule has 0 aromatic rings. The van der Waals surface area contributed by atoms with E-state index in [1.165, 1.54) is 51.0 Å². The fourth-order valence-corrected chi connectivity index (χ4v) is 2.56. The average Bonchev–Trinajstić information content (AvgIpc) is 2.67. The minimum absolute atomic E-state index is 0. The summed E-state index contributed by atoms with van der Waals surface area (Å²) in [5, 5.41) is 20.2. The SMILES string of the molecule is CCCCC(CC)CN=CCC(=O)[O-].CCCCC(CC)CN=CCC(=O)[O-].[Na+].[Na+].